The Bertz CT molecular complexity index is 414. The van der Waals surface area contributed by atoms with Crippen LogP contribution in [-0.4, -0.2) is 17.6 Å². The third kappa shape index (κ3) is 1.64. The first-order chi connectivity index (χ1) is 7.34. The highest BCUT2D eigenvalue weighted by Gasteiger charge is 2.35. The van der Waals surface area contributed by atoms with Gasteiger partial charge in [-0.25, -0.2) is 0 Å². The van der Waals surface area contributed by atoms with Gasteiger partial charge in [-0.3, -0.25) is 4.98 Å². The van der Waals surface area contributed by atoms with Gasteiger partial charge in [0.25, 0.3) is 0 Å². The first kappa shape index (κ1) is 9.55. The van der Waals surface area contributed by atoms with Crippen molar-refractivity contribution < 1.29 is 0 Å². The molecule has 1 N–H and O–H groups in total. The predicted molar refractivity (Wildman–Crippen MR) is 64.4 cm³/mol. The normalized spacial score (nSPS) is 29.0. The van der Waals surface area contributed by atoms with Gasteiger partial charge in [-0.1, -0.05) is 6.08 Å². The summed E-state index contributed by atoms with van der Waals surface area (Å²) in [5.41, 5.74) is 2.69. The van der Waals surface area contributed by atoms with Crippen LogP contribution in [0, 0.1) is 5.92 Å². The second-order valence-corrected chi connectivity index (χ2v) is 5.19. The molecule has 2 nitrogen and oxygen atoms in total. The summed E-state index contributed by atoms with van der Waals surface area (Å²) in [5, 5.41) is 3.50. The number of rotatable bonds is 1. The van der Waals surface area contributed by atoms with Crippen LogP contribution in [0.3, 0.4) is 0 Å². The summed E-state index contributed by atoms with van der Waals surface area (Å²) in [5.74, 6) is 0.851. The van der Waals surface area contributed by atoms with Crippen molar-refractivity contribution in [3.8, 4) is 0 Å². The van der Waals surface area contributed by atoms with Crippen LogP contribution in [-0.2, 0) is 0 Å². The summed E-state index contributed by atoms with van der Waals surface area (Å²) < 4.78 is 1.06. The second kappa shape index (κ2) is 3.72. The molecule has 78 valence electrons. The third-order valence-electron chi connectivity index (χ3n) is 3.35. The standard InChI is InChI=1S/C12H13BrN2/c13-10-4-9(5-14-7-10)11-3-1-2-8-6-15-12(8)11/h3-5,7-8,12,15H,1-2,6H2/t8-,12+/m1/s1. The third-order valence-corrected chi connectivity index (χ3v) is 3.78. The van der Waals surface area contributed by atoms with E-state index in [2.05, 4.69) is 38.4 Å². The molecule has 0 bridgehead atoms. The van der Waals surface area contributed by atoms with Crippen LogP contribution >= 0.6 is 15.9 Å². The Morgan fingerprint density at radius 3 is 3.07 bits per heavy atom. The number of hydrogen-bond donors (Lipinski definition) is 1. The minimum Gasteiger partial charge on any atom is -0.309 e. The molecule has 3 rings (SSSR count). The molecule has 1 fully saturated rings. The van der Waals surface area contributed by atoms with Gasteiger partial charge in [0.1, 0.15) is 0 Å². The second-order valence-electron chi connectivity index (χ2n) is 4.27. The van der Waals surface area contributed by atoms with Crippen LogP contribution in [0.2, 0.25) is 0 Å². The van der Waals surface area contributed by atoms with Crippen LogP contribution in [0.4, 0.5) is 0 Å². The van der Waals surface area contributed by atoms with Crippen molar-refractivity contribution in [1.29, 1.82) is 0 Å². The first-order valence-corrected chi connectivity index (χ1v) is 6.18. The van der Waals surface area contributed by atoms with E-state index >= 15 is 0 Å². The van der Waals surface area contributed by atoms with Gasteiger partial charge in [-0.2, -0.15) is 0 Å². The van der Waals surface area contributed by atoms with Crippen molar-refractivity contribution in [1.82, 2.24) is 10.3 Å². The summed E-state index contributed by atoms with van der Waals surface area (Å²) in [6, 6.07) is 2.73. The highest BCUT2D eigenvalue weighted by molar-refractivity contribution is 9.10. The Kier molecular flexibility index (Phi) is 2.37. The molecule has 0 unspecified atom stereocenters. The average Bonchev–Trinajstić information content (AvgIpc) is 2.19. The number of allylic oxidation sites excluding steroid dienone is 1. The number of halogens is 1. The summed E-state index contributed by atoms with van der Waals surface area (Å²) in [7, 11) is 0. The monoisotopic (exact) mass is 264 g/mol. The summed E-state index contributed by atoms with van der Waals surface area (Å²) in [6.07, 6.45) is 8.70. The number of nitrogens with zero attached hydrogens (tertiary/aromatic N) is 1. The molecule has 2 heterocycles. The first-order valence-electron chi connectivity index (χ1n) is 5.39. The van der Waals surface area contributed by atoms with Gasteiger partial charge in [0.2, 0.25) is 0 Å². The van der Waals surface area contributed by atoms with Gasteiger partial charge < -0.3 is 5.32 Å². The summed E-state index contributed by atoms with van der Waals surface area (Å²) >= 11 is 3.47. The fraction of sp³-hybridized carbons (Fsp3) is 0.417. The lowest BCUT2D eigenvalue weighted by Crippen LogP contribution is -2.54. The minimum absolute atomic E-state index is 0.579. The topological polar surface area (TPSA) is 24.9 Å². The molecule has 1 aliphatic heterocycles. The number of hydrogen-bond acceptors (Lipinski definition) is 2. The van der Waals surface area contributed by atoms with E-state index in [1.54, 1.807) is 0 Å². The molecule has 3 heteroatoms. The van der Waals surface area contributed by atoms with Crippen LogP contribution in [0.25, 0.3) is 5.57 Å². The summed E-state index contributed by atoms with van der Waals surface area (Å²) in [6.45, 7) is 1.18. The van der Waals surface area contributed by atoms with Crippen LogP contribution in [0.5, 0.6) is 0 Å². The quantitative estimate of drug-likeness (QED) is 0.844. The Hall–Kier alpha value is -0.670. The van der Waals surface area contributed by atoms with Crippen LogP contribution < -0.4 is 5.32 Å². The van der Waals surface area contributed by atoms with Crippen LogP contribution in [0.1, 0.15) is 18.4 Å². The molecule has 2 atom stereocenters. The van der Waals surface area contributed by atoms with E-state index in [1.165, 1.54) is 30.5 Å². The van der Waals surface area contributed by atoms with Gasteiger partial charge in [0, 0.05) is 29.5 Å². The fourth-order valence-electron chi connectivity index (χ4n) is 2.48. The maximum atomic E-state index is 4.23. The molecule has 1 saturated heterocycles. The molecule has 1 aliphatic carbocycles. The average molecular weight is 265 g/mol. The van der Waals surface area contributed by atoms with Gasteiger partial charge in [-0.05, 0) is 51.9 Å². The molecule has 0 radical (unpaired) electrons. The molecule has 2 aliphatic rings. The van der Waals surface area contributed by atoms with E-state index in [0.29, 0.717) is 6.04 Å². The maximum absolute atomic E-state index is 4.23. The maximum Gasteiger partial charge on any atom is 0.0410 e. The van der Waals surface area contributed by atoms with Crippen molar-refractivity contribution in [2.24, 2.45) is 5.92 Å². The van der Waals surface area contributed by atoms with E-state index in [-0.39, 0.29) is 0 Å². The molecule has 0 aromatic carbocycles. The summed E-state index contributed by atoms with van der Waals surface area (Å²) in [4.78, 5) is 4.23. The minimum atomic E-state index is 0.579. The lowest BCUT2D eigenvalue weighted by Gasteiger charge is -2.42. The van der Waals surface area contributed by atoms with E-state index in [0.717, 1.165) is 10.4 Å². The Morgan fingerprint density at radius 2 is 2.33 bits per heavy atom. The largest absolute Gasteiger partial charge is 0.309 e. The zero-order valence-corrected chi connectivity index (χ0v) is 10.00. The van der Waals surface area contributed by atoms with Gasteiger partial charge >= 0.3 is 0 Å². The van der Waals surface area contributed by atoms with E-state index in [9.17, 15) is 0 Å². The lowest BCUT2D eigenvalue weighted by molar-refractivity contribution is 0.262. The Labute approximate surface area is 97.9 Å². The smallest absolute Gasteiger partial charge is 0.0410 e. The van der Waals surface area contributed by atoms with Gasteiger partial charge in [-0.15, -0.1) is 0 Å². The molecular formula is C12H13BrN2. The van der Waals surface area contributed by atoms with E-state index in [4.69, 9.17) is 0 Å². The van der Waals surface area contributed by atoms with Crippen molar-refractivity contribution in [3.63, 3.8) is 0 Å². The highest BCUT2D eigenvalue weighted by atomic mass is 79.9. The highest BCUT2D eigenvalue weighted by Crippen LogP contribution is 2.36. The zero-order chi connectivity index (χ0) is 10.3. The fourth-order valence-corrected chi connectivity index (χ4v) is 2.85. The number of nitrogens with one attached hydrogen (secondary N) is 1. The molecule has 0 spiro atoms. The van der Waals surface area contributed by atoms with Crippen molar-refractivity contribution in [3.05, 3.63) is 34.6 Å². The number of aromatic nitrogens is 1. The zero-order valence-electron chi connectivity index (χ0n) is 8.41. The van der Waals surface area contributed by atoms with Gasteiger partial charge in [0.05, 0.1) is 0 Å². The number of fused-ring (bicyclic) bond motifs is 1. The SMILES string of the molecule is Brc1cncc(C2=CCC[C@@H]3CN[C@H]23)c1. The molecular weight excluding hydrogens is 252 g/mol. The van der Waals surface area contributed by atoms with Crippen molar-refractivity contribution in [2.45, 2.75) is 18.9 Å². The lowest BCUT2D eigenvalue weighted by atomic mass is 9.76. The molecule has 1 aromatic rings. The Balaban J connectivity index is 1.96. The molecule has 0 amide bonds. The molecule has 1 aromatic heterocycles. The van der Waals surface area contributed by atoms with E-state index in [1.807, 2.05) is 12.4 Å². The Morgan fingerprint density at radius 1 is 1.40 bits per heavy atom. The van der Waals surface area contributed by atoms with Gasteiger partial charge in [0.15, 0.2) is 0 Å². The van der Waals surface area contributed by atoms with E-state index < -0.39 is 0 Å². The van der Waals surface area contributed by atoms with Crippen LogP contribution in [0.15, 0.2) is 29.0 Å². The molecule has 0 saturated carbocycles. The number of pyridine rings is 1. The van der Waals surface area contributed by atoms with Crippen molar-refractivity contribution in [2.75, 3.05) is 6.54 Å². The molecule has 15 heavy (non-hydrogen) atoms. The predicted octanol–water partition coefficient (Wildman–Crippen LogP) is 2.61. The van der Waals surface area contributed by atoms with Crippen molar-refractivity contribution >= 4 is 21.5 Å².